The van der Waals surface area contributed by atoms with Gasteiger partial charge in [0, 0.05) is 32.9 Å². The molecule has 0 amide bonds. The number of nitrogens with zero attached hydrogens (tertiary/aromatic N) is 1. The molecule has 8 aromatic carbocycles. The van der Waals surface area contributed by atoms with Gasteiger partial charge in [-0.15, -0.1) is 0 Å². The molecule has 0 bridgehead atoms. The maximum absolute atomic E-state index is 6.51. The molecule has 0 aliphatic rings. The summed E-state index contributed by atoms with van der Waals surface area (Å²) < 4.78 is 15.3. The molecule has 0 saturated heterocycles. The van der Waals surface area contributed by atoms with E-state index in [1.807, 2.05) is 30.3 Å². The van der Waals surface area contributed by atoms with Crippen LogP contribution in [0.15, 0.2) is 192 Å². The standard InChI is InChI=1S/C32H32BrNO.C21H28.C12H6Br2O/c1-31(2,3)21-13-17-23(18-14-21)34(24-19-15-22(16-20-24)32(4,5)6)28-12-8-10-26-25-9-7-11-27(33)29(25)35-30(26)28;1-20(2,3)18-11-7-16(8-12-18)15-17-9-13-19(14-10-17)21(4,5)6;13-9-5-1-3-7-8-4-2-6-10(14)12(8)15-11(7)9/h7-20H,1-6H3;7-14H,15H2,1-6H3;1-6H. The summed E-state index contributed by atoms with van der Waals surface area (Å²) in [5.41, 5.74) is 15.6. The number of furan rings is 2. The number of hydrogen-bond acceptors (Lipinski definition) is 3. The lowest BCUT2D eigenvalue weighted by atomic mass is 9.85. The number of benzene rings is 8. The zero-order valence-electron chi connectivity index (χ0n) is 43.3. The first-order valence-corrected chi connectivity index (χ1v) is 26.9. The third-order valence-electron chi connectivity index (χ3n) is 13.2. The van der Waals surface area contributed by atoms with Crippen molar-refractivity contribution in [3.8, 4) is 0 Å². The fourth-order valence-corrected chi connectivity index (χ4v) is 10.2. The summed E-state index contributed by atoms with van der Waals surface area (Å²) in [7, 11) is 0. The van der Waals surface area contributed by atoms with Crippen molar-refractivity contribution in [2.24, 2.45) is 0 Å². The highest BCUT2D eigenvalue weighted by molar-refractivity contribution is 9.11. The predicted molar refractivity (Wildman–Crippen MR) is 316 cm³/mol. The van der Waals surface area contributed by atoms with Crippen LogP contribution in [0.5, 0.6) is 0 Å². The van der Waals surface area contributed by atoms with Crippen molar-refractivity contribution in [1.82, 2.24) is 0 Å². The van der Waals surface area contributed by atoms with E-state index < -0.39 is 0 Å². The number of para-hydroxylation sites is 4. The lowest BCUT2D eigenvalue weighted by Crippen LogP contribution is -2.14. The fraction of sp³-hybridized carbons (Fsp3) is 0.262. The Bertz CT molecular complexity index is 3260. The van der Waals surface area contributed by atoms with E-state index >= 15 is 0 Å². The van der Waals surface area contributed by atoms with Crippen LogP contribution in [0.2, 0.25) is 0 Å². The SMILES string of the molecule is Brc1cccc2c1oc1c(Br)cccc12.CC(C)(C)c1ccc(Cc2ccc(C(C)(C)C)cc2)cc1.CC(C)(C)c1ccc(N(c2ccc(C(C)(C)C)cc2)c2cccc3c2oc2c(Br)cccc23)cc1. The lowest BCUT2D eigenvalue weighted by Gasteiger charge is -2.28. The molecule has 0 spiro atoms. The third-order valence-corrected chi connectivity index (χ3v) is 15.0. The highest BCUT2D eigenvalue weighted by Gasteiger charge is 2.23. The smallest absolute Gasteiger partial charge is 0.159 e. The van der Waals surface area contributed by atoms with Crippen molar-refractivity contribution in [1.29, 1.82) is 0 Å². The van der Waals surface area contributed by atoms with E-state index in [2.05, 4.69) is 275 Å². The molecule has 0 radical (unpaired) electrons. The Morgan fingerprint density at radius 2 is 0.592 bits per heavy atom. The first-order chi connectivity index (χ1) is 33.5. The Morgan fingerprint density at radius 1 is 0.324 bits per heavy atom. The van der Waals surface area contributed by atoms with Crippen molar-refractivity contribution < 1.29 is 8.83 Å². The molecular formula is C65H66Br3NO2. The van der Waals surface area contributed by atoms with Crippen molar-refractivity contribution in [2.75, 3.05) is 4.90 Å². The van der Waals surface area contributed by atoms with Gasteiger partial charge in [-0.25, -0.2) is 0 Å². The number of fused-ring (bicyclic) bond motifs is 6. The quantitative estimate of drug-likeness (QED) is 0.172. The molecule has 2 aromatic heterocycles. The molecule has 364 valence electrons. The van der Waals surface area contributed by atoms with Gasteiger partial charge in [0.15, 0.2) is 5.58 Å². The van der Waals surface area contributed by atoms with Gasteiger partial charge < -0.3 is 13.7 Å². The second kappa shape index (κ2) is 20.6. The summed E-state index contributed by atoms with van der Waals surface area (Å²) in [5.74, 6) is 0. The van der Waals surface area contributed by atoms with Crippen LogP contribution in [-0.4, -0.2) is 0 Å². The minimum atomic E-state index is 0.0999. The van der Waals surface area contributed by atoms with Crippen molar-refractivity contribution in [3.63, 3.8) is 0 Å². The van der Waals surface area contributed by atoms with E-state index in [1.54, 1.807) is 0 Å². The second-order valence-corrected chi connectivity index (χ2v) is 25.3. The molecule has 2 heterocycles. The zero-order chi connectivity index (χ0) is 51.0. The Balaban J connectivity index is 0.000000158. The summed E-state index contributed by atoms with van der Waals surface area (Å²) in [6, 6.07) is 60.7. The van der Waals surface area contributed by atoms with Gasteiger partial charge >= 0.3 is 0 Å². The van der Waals surface area contributed by atoms with Crippen LogP contribution in [-0.2, 0) is 28.1 Å². The summed E-state index contributed by atoms with van der Waals surface area (Å²) in [6.45, 7) is 27.0. The van der Waals surface area contributed by atoms with Crippen LogP contribution in [0.25, 0.3) is 43.9 Å². The molecule has 0 saturated carbocycles. The summed E-state index contributed by atoms with van der Waals surface area (Å²) in [4.78, 5) is 2.30. The Hall–Kier alpha value is -5.40. The van der Waals surface area contributed by atoms with Crippen LogP contribution in [0.4, 0.5) is 17.1 Å². The van der Waals surface area contributed by atoms with Crippen LogP contribution >= 0.6 is 47.8 Å². The molecule has 0 aliphatic heterocycles. The molecular weight excluding hydrogens is 1070 g/mol. The lowest BCUT2D eigenvalue weighted by molar-refractivity contribution is 0.589. The van der Waals surface area contributed by atoms with E-state index in [0.29, 0.717) is 0 Å². The maximum atomic E-state index is 6.51. The minimum Gasteiger partial charge on any atom is -0.454 e. The predicted octanol–water partition coefficient (Wildman–Crippen LogP) is 21.4. The van der Waals surface area contributed by atoms with E-state index in [0.717, 1.165) is 80.8 Å². The first kappa shape index (κ1) is 51.9. The highest BCUT2D eigenvalue weighted by Crippen LogP contribution is 2.44. The normalized spacial score (nSPS) is 12.2. The van der Waals surface area contributed by atoms with Gasteiger partial charge in [-0.1, -0.05) is 204 Å². The summed E-state index contributed by atoms with van der Waals surface area (Å²) >= 11 is 10.7. The molecule has 6 heteroatoms. The third kappa shape index (κ3) is 11.8. The van der Waals surface area contributed by atoms with Gasteiger partial charge in [0.2, 0.25) is 0 Å². The monoisotopic (exact) mass is 1130 g/mol. The molecule has 10 rings (SSSR count). The van der Waals surface area contributed by atoms with E-state index in [-0.39, 0.29) is 21.7 Å². The molecule has 71 heavy (non-hydrogen) atoms. The molecule has 0 N–H and O–H groups in total. The van der Waals surface area contributed by atoms with E-state index in [1.165, 1.54) is 33.4 Å². The first-order valence-electron chi connectivity index (χ1n) is 24.5. The zero-order valence-corrected chi connectivity index (χ0v) is 48.0. The maximum Gasteiger partial charge on any atom is 0.159 e. The number of hydrogen-bond donors (Lipinski definition) is 0. The van der Waals surface area contributed by atoms with Crippen LogP contribution in [0.1, 0.15) is 116 Å². The average Bonchev–Trinajstić information content (AvgIpc) is 3.91. The highest BCUT2D eigenvalue weighted by atomic mass is 79.9. The van der Waals surface area contributed by atoms with Crippen molar-refractivity contribution >= 4 is 109 Å². The Morgan fingerprint density at radius 3 is 0.901 bits per heavy atom. The van der Waals surface area contributed by atoms with Crippen LogP contribution in [0.3, 0.4) is 0 Å². The minimum absolute atomic E-state index is 0.0999. The topological polar surface area (TPSA) is 29.5 Å². The van der Waals surface area contributed by atoms with Crippen molar-refractivity contribution in [3.05, 3.63) is 217 Å². The molecule has 0 atom stereocenters. The summed E-state index contributed by atoms with van der Waals surface area (Å²) in [5, 5.41) is 4.50. The fourth-order valence-electron chi connectivity index (χ4n) is 8.83. The average molecular weight is 1130 g/mol. The number of rotatable bonds is 5. The molecule has 3 nitrogen and oxygen atoms in total. The van der Waals surface area contributed by atoms with Gasteiger partial charge in [0.1, 0.15) is 16.7 Å². The van der Waals surface area contributed by atoms with Gasteiger partial charge in [-0.05, 0) is 158 Å². The van der Waals surface area contributed by atoms with Gasteiger partial charge in [-0.2, -0.15) is 0 Å². The van der Waals surface area contributed by atoms with Crippen LogP contribution in [0, 0.1) is 0 Å². The summed E-state index contributed by atoms with van der Waals surface area (Å²) in [6.07, 6.45) is 1.01. The van der Waals surface area contributed by atoms with Crippen LogP contribution < -0.4 is 4.90 Å². The van der Waals surface area contributed by atoms with Gasteiger partial charge in [0.25, 0.3) is 0 Å². The largest absolute Gasteiger partial charge is 0.454 e. The molecule has 10 aromatic rings. The van der Waals surface area contributed by atoms with Gasteiger partial charge in [0.05, 0.1) is 19.1 Å². The Kier molecular flexibility index (Phi) is 15.1. The number of anilines is 3. The molecule has 0 aliphatic carbocycles. The molecule has 0 unspecified atom stereocenters. The second-order valence-electron chi connectivity index (χ2n) is 22.7. The van der Waals surface area contributed by atoms with E-state index in [9.17, 15) is 0 Å². The van der Waals surface area contributed by atoms with Crippen molar-refractivity contribution in [2.45, 2.75) is 111 Å². The van der Waals surface area contributed by atoms with Gasteiger partial charge in [-0.3, -0.25) is 0 Å². The van der Waals surface area contributed by atoms with E-state index in [4.69, 9.17) is 8.83 Å². The Labute approximate surface area is 447 Å². The number of halogens is 3. The molecule has 0 fully saturated rings.